The number of benzene rings is 1. The average Bonchev–Trinajstić information content (AvgIpc) is 3.49. The Kier molecular flexibility index (Phi) is 4.89. The van der Waals surface area contributed by atoms with Gasteiger partial charge in [0.1, 0.15) is 5.75 Å². The number of carbonyl (C=O) groups is 2. The van der Waals surface area contributed by atoms with Crippen LogP contribution in [-0.4, -0.2) is 56.0 Å². The summed E-state index contributed by atoms with van der Waals surface area (Å²) in [6, 6.07) is 14.9. The predicted molar refractivity (Wildman–Crippen MR) is 112 cm³/mol. The van der Waals surface area contributed by atoms with E-state index in [-0.39, 0.29) is 17.8 Å². The quantitative estimate of drug-likeness (QED) is 0.697. The minimum Gasteiger partial charge on any atom is -0.490 e. The Morgan fingerprint density at radius 1 is 1.03 bits per heavy atom. The van der Waals surface area contributed by atoms with Gasteiger partial charge >= 0.3 is 12.0 Å². The number of fused-ring (bicyclic) bond motifs is 1. The minimum absolute atomic E-state index is 0.120. The van der Waals surface area contributed by atoms with E-state index in [1.165, 1.54) is 12.3 Å². The molecule has 0 radical (unpaired) electrons. The van der Waals surface area contributed by atoms with E-state index in [1.54, 1.807) is 11.1 Å². The van der Waals surface area contributed by atoms with Gasteiger partial charge in [-0.3, -0.25) is 4.98 Å². The van der Waals surface area contributed by atoms with Gasteiger partial charge in [0.2, 0.25) is 0 Å². The number of aromatic nitrogens is 3. The van der Waals surface area contributed by atoms with Gasteiger partial charge in [-0.05, 0) is 55.0 Å². The van der Waals surface area contributed by atoms with Crippen molar-refractivity contribution in [2.75, 3.05) is 13.1 Å². The molecule has 8 nitrogen and oxygen atoms in total. The van der Waals surface area contributed by atoms with Crippen LogP contribution in [-0.2, 0) is 0 Å². The number of ether oxygens (including phenoxy) is 1. The summed E-state index contributed by atoms with van der Waals surface area (Å²) in [5, 5.41) is 12.8. The second-order valence-corrected chi connectivity index (χ2v) is 8.11. The van der Waals surface area contributed by atoms with Crippen molar-refractivity contribution in [3.8, 4) is 17.0 Å². The van der Waals surface area contributed by atoms with E-state index in [4.69, 9.17) is 9.84 Å². The molecule has 1 aromatic carbocycles. The number of aromatic carboxylic acids is 1. The Balaban J connectivity index is 1.20. The second kappa shape index (κ2) is 7.86. The molecular weight excluding hydrogens is 396 g/mol. The van der Waals surface area contributed by atoms with Crippen LogP contribution in [0, 0.1) is 11.8 Å². The molecule has 1 amide bonds. The Morgan fingerprint density at radius 3 is 2.52 bits per heavy atom. The van der Waals surface area contributed by atoms with Crippen LogP contribution in [0.25, 0.3) is 11.3 Å². The molecule has 0 spiro atoms. The van der Waals surface area contributed by atoms with Gasteiger partial charge in [-0.1, -0.05) is 18.2 Å². The van der Waals surface area contributed by atoms with Crippen LogP contribution in [0.2, 0.25) is 0 Å². The van der Waals surface area contributed by atoms with Crippen LogP contribution in [0.5, 0.6) is 5.75 Å². The summed E-state index contributed by atoms with van der Waals surface area (Å²) in [6.07, 6.45) is 5.08. The standard InChI is InChI=1S/C23H22N4O4/c28-22(29)21-7-9-27(25-21)23(30)26-13-16-11-19(12-17(16)14-26)31-18-5-3-4-15(10-18)20-6-1-2-8-24-20/h1-10,16-17,19H,11-14H2,(H,28,29)/t16-,17+,19+. The van der Waals surface area contributed by atoms with Crippen molar-refractivity contribution in [1.82, 2.24) is 19.7 Å². The molecule has 3 aromatic rings. The van der Waals surface area contributed by atoms with Crippen LogP contribution in [0.4, 0.5) is 4.79 Å². The lowest BCUT2D eigenvalue weighted by Crippen LogP contribution is -2.34. The molecule has 3 atom stereocenters. The normalized spacial score (nSPS) is 22.3. The predicted octanol–water partition coefficient (Wildman–Crippen LogP) is 3.40. The summed E-state index contributed by atoms with van der Waals surface area (Å²) in [6.45, 7) is 1.28. The number of amides is 1. The third-order valence-corrected chi connectivity index (χ3v) is 6.08. The highest BCUT2D eigenvalue weighted by Crippen LogP contribution is 2.40. The molecule has 1 aliphatic carbocycles. The number of carbonyl (C=O) groups excluding carboxylic acids is 1. The number of carboxylic acid groups (broad SMARTS) is 1. The van der Waals surface area contributed by atoms with Gasteiger partial charge in [-0.2, -0.15) is 9.78 Å². The monoisotopic (exact) mass is 418 g/mol. The Bertz CT molecular complexity index is 1100. The highest BCUT2D eigenvalue weighted by atomic mass is 16.5. The zero-order chi connectivity index (χ0) is 21.4. The molecular formula is C23H22N4O4. The maximum atomic E-state index is 12.7. The van der Waals surface area contributed by atoms with Gasteiger partial charge in [-0.15, -0.1) is 0 Å². The van der Waals surface area contributed by atoms with Crippen molar-refractivity contribution in [1.29, 1.82) is 0 Å². The summed E-state index contributed by atoms with van der Waals surface area (Å²) >= 11 is 0. The van der Waals surface area contributed by atoms with Gasteiger partial charge in [0.25, 0.3) is 0 Å². The molecule has 2 fully saturated rings. The molecule has 1 N–H and O–H groups in total. The van der Waals surface area contributed by atoms with E-state index in [0.29, 0.717) is 24.9 Å². The molecule has 2 aromatic heterocycles. The zero-order valence-electron chi connectivity index (χ0n) is 16.8. The average molecular weight is 418 g/mol. The van der Waals surface area contributed by atoms with E-state index in [0.717, 1.165) is 34.5 Å². The van der Waals surface area contributed by atoms with Gasteiger partial charge in [-0.25, -0.2) is 9.59 Å². The lowest BCUT2D eigenvalue weighted by atomic mass is 10.0. The fourth-order valence-corrected chi connectivity index (χ4v) is 4.64. The van der Waals surface area contributed by atoms with Crippen molar-refractivity contribution in [3.05, 3.63) is 66.6 Å². The lowest BCUT2D eigenvalue weighted by Gasteiger charge is -2.20. The lowest BCUT2D eigenvalue weighted by molar-refractivity contribution is 0.0690. The second-order valence-electron chi connectivity index (χ2n) is 8.11. The first-order valence-electron chi connectivity index (χ1n) is 10.3. The summed E-state index contributed by atoms with van der Waals surface area (Å²) in [7, 11) is 0. The number of rotatable bonds is 4. The van der Waals surface area contributed by atoms with E-state index in [9.17, 15) is 9.59 Å². The van der Waals surface area contributed by atoms with Crippen LogP contribution >= 0.6 is 0 Å². The molecule has 1 saturated carbocycles. The number of nitrogens with zero attached hydrogens (tertiary/aromatic N) is 4. The van der Waals surface area contributed by atoms with Crippen LogP contribution in [0.3, 0.4) is 0 Å². The summed E-state index contributed by atoms with van der Waals surface area (Å²) < 4.78 is 7.38. The number of hydrogen-bond donors (Lipinski definition) is 1. The highest BCUT2D eigenvalue weighted by Gasteiger charge is 2.43. The van der Waals surface area contributed by atoms with Gasteiger partial charge in [0, 0.05) is 31.0 Å². The van der Waals surface area contributed by atoms with Crippen molar-refractivity contribution in [2.45, 2.75) is 18.9 Å². The summed E-state index contributed by atoms with van der Waals surface area (Å²) in [4.78, 5) is 29.8. The van der Waals surface area contributed by atoms with Crippen molar-refractivity contribution in [2.24, 2.45) is 11.8 Å². The first-order chi connectivity index (χ1) is 15.1. The van der Waals surface area contributed by atoms with Crippen molar-refractivity contribution in [3.63, 3.8) is 0 Å². The maximum absolute atomic E-state index is 12.7. The largest absolute Gasteiger partial charge is 0.490 e. The molecule has 3 heterocycles. The number of pyridine rings is 1. The fraction of sp³-hybridized carbons (Fsp3) is 0.304. The van der Waals surface area contributed by atoms with Crippen molar-refractivity contribution < 1.29 is 19.4 Å². The third kappa shape index (κ3) is 3.88. The number of carboxylic acids is 1. The Labute approximate surface area is 179 Å². The Morgan fingerprint density at radius 2 is 1.84 bits per heavy atom. The summed E-state index contributed by atoms with van der Waals surface area (Å²) in [5.74, 6) is 0.445. The minimum atomic E-state index is -1.14. The molecule has 5 rings (SSSR count). The van der Waals surface area contributed by atoms with Gasteiger partial charge in [0.15, 0.2) is 5.69 Å². The van der Waals surface area contributed by atoms with Gasteiger partial charge in [0.05, 0.1) is 11.8 Å². The van der Waals surface area contributed by atoms with E-state index >= 15 is 0 Å². The Hall–Kier alpha value is -3.68. The zero-order valence-corrected chi connectivity index (χ0v) is 16.8. The molecule has 0 bridgehead atoms. The molecule has 158 valence electrons. The van der Waals surface area contributed by atoms with E-state index in [2.05, 4.69) is 10.1 Å². The van der Waals surface area contributed by atoms with E-state index < -0.39 is 5.97 Å². The molecule has 2 aliphatic rings. The van der Waals surface area contributed by atoms with Gasteiger partial charge < -0.3 is 14.7 Å². The maximum Gasteiger partial charge on any atom is 0.356 e. The number of likely N-dealkylation sites (tertiary alicyclic amines) is 1. The molecule has 8 heteroatoms. The first kappa shape index (κ1) is 19.3. The third-order valence-electron chi connectivity index (χ3n) is 6.08. The first-order valence-corrected chi connectivity index (χ1v) is 10.3. The smallest absolute Gasteiger partial charge is 0.356 e. The van der Waals surface area contributed by atoms with Crippen LogP contribution in [0.15, 0.2) is 60.9 Å². The van der Waals surface area contributed by atoms with Crippen LogP contribution in [0.1, 0.15) is 23.3 Å². The summed E-state index contributed by atoms with van der Waals surface area (Å²) in [5.41, 5.74) is 1.80. The highest BCUT2D eigenvalue weighted by molar-refractivity contribution is 5.86. The molecule has 31 heavy (non-hydrogen) atoms. The number of hydrogen-bond acceptors (Lipinski definition) is 5. The fourth-order valence-electron chi connectivity index (χ4n) is 4.64. The SMILES string of the molecule is O=C(O)c1ccn(C(=O)N2C[C@H]3C[C@H](Oc4cccc(-c5ccccn5)c4)C[C@H]3C2)n1. The van der Waals surface area contributed by atoms with E-state index in [1.807, 2.05) is 42.5 Å². The van der Waals surface area contributed by atoms with Crippen molar-refractivity contribution >= 4 is 12.0 Å². The molecule has 1 saturated heterocycles. The molecule has 0 unspecified atom stereocenters. The molecule has 1 aliphatic heterocycles. The van der Waals surface area contributed by atoms with Crippen LogP contribution < -0.4 is 4.74 Å². The topological polar surface area (TPSA) is 97.5 Å².